The van der Waals surface area contributed by atoms with E-state index in [1.807, 2.05) is 0 Å². The van der Waals surface area contributed by atoms with Crippen molar-refractivity contribution in [3.63, 3.8) is 0 Å². The molecule has 1 aromatic heterocycles. The average molecular weight is 274 g/mol. The van der Waals surface area contributed by atoms with E-state index >= 15 is 0 Å². The summed E-state index contributed by atoms with van der Waals surface area (Å²) < 4.78 is 9.94. The van der Waals surface area contributed by atoms with E-state index < -0.39 is 0 Å². The number of ether oxygens (including phenoxy) is 1. The molecule has 17 heavy (non-hydrogen) atoms. The first-order chi connectivity index (χ1) is 8.15. The molecule has 0 radical (unpaired) electrons. The number of benzene rings is 1. The smallest absolute Gasteiger partial charge is 0.240 e. The Morgan fingerprint density at radius 3 is 2.71 bits per heavy atom. The summed E-state index contributed by atoms with van der Waals surface area (Å²) >= 11 is 12.1. The first kappa shape index (κ1) is 12.2. The molecule has 7 heteroatoms. The molecule has 5 nitrogen and oxygen atoms in total. The van der Waals surface area contributed by atoms with E-state index in [1.54, 1.807) is 12.1 Å². The second-order valence-corrected chi connectivity index (χ2v) is 4.00. The van der Waals surface area contributed by atoms with Gasteiger partial charge in [0, 0.05) is 11.6 Å². The molecule has 0 aliphatic carbocycles. The van der Waals surface area contributed by atoms with Gasteiger partial charge in [0.05, 0.1) is 23.7 Å². The lowest BCUT2D eigenvalue weighted by molar-refractivity contribution is 0.380. The fourth-order valence-electron chi connectivity index (χ4n) is 1.30. The van der Waals surface area contributed by atoms with Crippen molar-refractivity contribution in [2.75, 3.05) is 7.11 Å². The zero-order valence-electron chi connectivity index (χ0n) is 8.91. The minimum absolute atomic E-state index is 0.175. The maximum atomic E-state index is 6.08. The number of aromatic nitrogens is 2. The summed E-state index contributed by atoms with van der Waals surface area (Å²) in [4.78, 5) is 4.07. The van der Waals surface area contributed by atoms with Crippen LogP contribution in [0.2, 0.25) is 10.0 Å². The number of nitrogens with two attached hydrogens (primary N) is 1. The Labute approximate surface area is 107 Å². The second-order valence-electron chi connectivity index (χ2n) is 3.18. The summed E-state index contributed by atoms with van der Waals surface area (Å²) in [6.07, 6.45) is 0. The molecule has 1 aromatic carbocycles. The van der Waals surface area contributed by atoms with Crippen molar-refractivity contribution < 1.29 is 9.26 Å². The Morgan fingerprint density at radius 1 is 1.35 bits per heavy atom. The van der Waals surface area contributed by atoms with Gasteiger partial charge >= 0.3 is 0 Å². The van der Waals surface area contributed by atoms with Gasteiger partial charge in [-0.05, 0) is 6.07 Å². The summed E-state index contributed by atoms with van der Waals surface area (Å²) in [5.41, 5.74) is 5.95. The average Bonchev–Trinajstić information content (AvgIpc) is 2.80. The van der Waals surface area contributed by atoms with Crippen molar-refractivity contribution in [2.45, 2.75) is 6.54 Å². The highest BCUT2D eigenvalue weighted by Crippen LogP contribution is 2.35. The Hall–Kier alpha value is -1.30. The molecular weight excluding hydrogens is 265 g/mol. The molecule has 0 fully saturated rings. The molecule has 0 saturated heterocycles. The minimum Gasteiger partial charge on any atom is -0.495 e. The van der Waals surface area contributed by atoms with E-state index in [0.717, 1.165) is 0 Å². The third-order valence-electron chi connectivity index (χ3n) is 2.13. The van der Waals surface area contributed by atoms with Crippen LogP contribution in [0.5, 0.6) is 5.75 Å². The number of nitrogens with zero attached hydrogens (tertiary/aromatic N) is 2. The summed E-state index contributed by atoms with van der Waals surface area (Å²) in [7, 11) is 1.51. The molecule has 2 rings (SSSR count). The number of methoxy groups -OCH3 is 1. The Morgan fingerprint density at radius 2 is 2.12 bits per heavy atom. The molecule has 0 atom stereocenters. The molecule has 0 spiro atoms. The standard InChI is InChI=1S/C10H9Cl2N3O2/c1-16-8-3-6(11)5(2-7(8)12)10-14-9(4-13)17-15-10/h2-3H,4,13H2,1H3. The highest BCUT2D eigenvalue weighted by atomic mass is 35.5. The number of rotatable bonds is 3. The summed E-state index contributed by atoms with van der Waals surface area (Å²) in [6.45, 7) is 0.175. The predicted molar refractivity (Wildman–Crippen MR) is 64.2 cm³/mol. The Bertz CT molecular complexity index is 542. The maximum absolute atomic E-state index is 6.08. The van der Waals surface area contributed by atoms with Gasteiger partial charge in [-0.3, -0.25) is 0 Å². The fraction of sp³-hybridized carbons (Fsp3) is 0.200. The van der Waals surface area contributed by atoms with Gasteiger partial charge in [0.1, 0.15) is 5.75 Å². The molecule has 0 aliphatic heterocycles. The zero-order valence-corrected chi connectivity index (χ0v) is 10.4. The normalized spacial score (nSPS) is 10.6. The van der Waals surface area contributed by atoms with Gasteiger partial charge in [0.15, 0.2) is 0 Å². The van der Waals surface area contributed by atoms with Gasteiger partial charge in [0.25, 0.3) is 0 Å². The number of hydrogen-bond acceptors (Lipinski definition) is 5. The van der Waals surface area contributed by atoms with Crippen molar-refractivity contribution in [1.82, 2.24) is 10.1 Å². The lowest BCUT2D eigenvalue weighted by atomic mass is 10.2. The summed E-state index contributed by atoms with van der Waals surface area (Å²) in [5.74, 6) is 1.17. The topological polar surface area (TPSA) is 74.2 Å². The quantitative estimate of drug-likeness (QED) is 0.930. The van der Waals surface area contributed by atoms with Crippen LogP contribution in [-0.2, 0) is 6.54 Å². The van der Waals surface area contributed by atoms with Gasteiger partial charge in [-0.15, -0.1) is 0 Å². The second kappa shape index (κ2) is 4.91. The van der Waals surface area contributed by atoms with E-state index in [-0.39, 0.29) is 6.54 Å². The maximum Gasteiger partial charge on any atom is 0.240 e. The largest absolute Gasteiger partial charge is 0.495 e. The van der Waals surface area contributed by atoms with E-state index in [4.69, 9.17) is 38.2 Å². The van der Waals surface area contributed by atoms with E-state index in [1.165, 1.54) is 7.11 Å². The van der Waals surface area contributed by atoms with E-state index in [9.17, 15) is 0 Å². The lowest BCUT2D eigenvalue weighted by Gasteiger charge is -2.05. The number of hydrogen-bond donors (Lipinski definition) is 1. The Balaban J connectivity index is 2.48. The van der Waals surface area contributed by atoms with Crippen LogP contribution in [0.25, 0.3) is 11.4 Å². The molecule has 2 N–H and O–H groups in total. The van der Waals surface area contributed by atoms with Crippen molar-refractivity contribution in [1.29, 1.82) is 0 Å². The van der Waals surface area contributed by atoms with Crippen LogP contribution in [0.1, 0.15) is 5.89 Å². The van der Waals surface area contributed by atoms with Crippen molar-refractivity contribution >= 4 is 23.2 Å². The van der Waals surface area contributed by atoms with Crippen LogP contribution >= 0.6 is 23.2 Å². The highest BCUT2D eigenvalue weighted by Gasteiger charge is 2.14. The van der Waals surface area contributed by atoms with Gasteiger partial charge in [-0.25, -0.2) is 0 Å². The van der Waals surface area contributed by atoms with E-state index in [0.29, 0.717) is 33.1 Å². The van der Waals surface area contributed by atoms with Crippen molar-refractivity contribution in [2.24, 2.45) is 5.73 Å². The third kappa shape index (κ3) is 2.36. The van der Waals surface area contributed by atoms with Crippen LogP contribution in [0.4, 0.5) is 0 Å². The van der Waals surface area contributed by atoms with Gasteiger partial charge in [-0.1, -0.05) is 28.4 Å². The van der Waals surface area contributed by atoms with Gasteiger partial charge in [-0.2, -0.15) is 4.98 Å². The van der Waals surface area contributed by atoms with Crippen LogP contribution < -0.4 is 10.5 Å². The molecule has 0 aliphatic rings. The molecule has 0 amide bonds. The number of halogens is 2. The van der Waals surface area contributed by atoms with Crippen LogP contribution in [0, 0.1) is 0 Å². The summed E-state index contributed by atoms with van der Waals surface area (Å²) in [6, 6.07) is 3.21. The first-order valence-electron chi connectivity index (χ1n) is 4.71. The predicted octanol–water partition coefficient (Wildman–Crippen LogP) is 2.51. The molecule has 1 heterocycles. The molecular formula is C10H9Cl2N3O2. The lowest BCUT2D eigenvalue weighted by Crippen LogP contribution is -1.95. The van der Waals surface area contributed by atoms with Crippen LogP contribution in [-0.4, -0.2) is 17.3 Å². The monoisotopic (exact) mass is 273 g/mol. The van der Waals surface area contributed by atoms with Crippen LogP contribution in [0.15, 0.2) is 16.7 Å². The van der Waals surface area contributed by atoms with Crippen LogP contribution in [0.3, 0.4) is 0 Å². The van der Waals surface area contributed by atoms with Crippen molar-refractivity contribution in [3.05, 3.63) is 28.1 Å². The van der Waals surface area contributed by atoms with Gasteiger partial charge in [0.2, 0.25) is 11.7 Å². The zero-order chi connectivity index (χ0) is 12.4. The summed E-state index contributed by atoms with van der Waals surface area (Å²) in [5, 5.41) is 4.61. The molecule has 0 unspecified atom stereocenters. The fourth-order valence-corrected chi connectivity index (χ4v) is 1.78. The molecule has 90 valence electrons. The Kier molecular flexibility index (Phi) is 3.51. The molecule has 0 saturated carbocycles. The minimum atomic E-state index is 0.175. The third-order valence-corrected chi connectivity index (χ3v) is 2.73. The first-order valence-corrected chi connectivity index (χ1v) is 5.47. The van der Waals surface area contributed by atoms with Crippen molar-refractivity contribution in [3.8, 4) is 17.1 Å². The SMILES string of the molecule is COc1cc(Cl)c(-c2noc(CN)n2)cc1Cl. The van der Waals surface area contributed by atoms with Gasteiger partial charge < -0.3 is 15.0 Å². The molecule has 0 bridgehead atoms. The highest BCUT2D eigenvalue weighted by molar-refractivity contribution is 6.36. The molecule has 2 aromatic rings. The van der Waals surface area contributed by atoms with E-state index in [2.05, 4.69) is 10.1 Å².